The predicted octanol–water partition coefficient (Wildman–Crippen LogP) is 4.54. The minimum absolute atomic E-state index is 0.0538. The van der Waals surface area contributed by atoms with E-state index in [4.69, 9.17) is 16.4 Å². The van der Waals surface area contributed by atoms with Crippen LogP contribution >= 0.6 is 11.6 Å². The largest absolute Gasteiger partial charge is 0.409 e. The number of hydrogen-bond donors (Lipinski definition) is 1. The molecular formula is C16H14ClF3N4OS. The molecule has 0 saturated heterocycles. The summed E-state index contributed by atoms with van der Waals surface area (Å²) in [5, 5.41) is 0.286. The Morgan fingerprint density at radius 1 is 1.23 bits per heavy atom. The summed E-state index contributed by atoms with van der Waals surface area (Å²) in [4.78, 5) is 3.96. The van der Waals surface area contributed by atoms with Crippen molar-refractivity contribution in [3.63, 3.8) is 0 Å². The van der Waals surface area contributed by atoms with E-state index < -0.39 is 22.1 Å². The van der Waals surface area contributed by atoms with E-state index in [2.05, 4.69) is 4.98 Å². The summed E-state index contributed by atoms with van der Waals surface area (Å²) in [5.41, 5.74) is 0.247. The van der Waals surface area contributed by atoms with Crippen LogP contribution in [0.1, 0.15) is 11.6 Å². The lowest BCUT2D eigenvalue weighted by Crippen LogP contribution is -2.39. The van der Waals surface area contributed by atoms with Crippen molar-refractivity contribution >= 4 is 27.2 Å². The van der Waals surface area contributed by atoms with Crippen molar-refractivity contribution in [1.82, 2.24) is 13.7 Å². The Balaban J connectivity index is 2.07. The molecule has 2 heterocycles. The van der Waals surface area contributed by atoms with Crippen molar-refractivity contribution in [2.45, 2.75) is 17.1 Å². The molecule has 0 amide bonds. The molecule has 0 aliphatic rings. The van der Waals surface area contributed by atoms with Crippen LogP contribution in [0.15, 0.2) is 59.9 Å². The molecule has 3 aromatic rings. The number of halogens is 4. The first kappa shape index (κ1) is 18.7. The molecule has 0 aliphatic carbocycles. The number of aromatic nitrogens is 2. The van der Waals surface area contributed by atoms with E-state index in [1.807, 2.05) is 0 Å². The summed E-state index contributed by atoms with van der Waals surface area (Å²) in [6, 6.07) is 5.56. The lowest BCUT2D eigenvalue weighted by molar-refractivity contribution is -0.170. The third-order valence-electron chi connectivity index (χ3n) is 3.95. The maximum atomic E-state index is 13.7. The summed E-state index contributed by atoms with van der Waals surface area (Å²) in [7, 11) is -2.90. The second-order valence-electron chi connectivity index (χ2n) is 5.62. The quantitative estimate of drug-likeness (QED) is 0.696. The average Bonchev–Trinajstić information content (AvgIpc) is 3.03. The van der Waals surface area contributed by atoms with Gasteiger partial charge in [0, 0.05) is 30.7 Å². The molecule has 0 radical (unpaired) electrons. The molecule has 10 heteroatoms. The number of benzene rings is 1. The number of fused-ring (bicyclic) bond motifs is 1. The van der Waals surface area contributed by atoms with E-state index >= 15 is 0 Å². The molecule has 2 atom stereocenters. The molecule has 5 nitrogen and oxygen atoms in total. The number of pyridine rings is 1. The highest BCUT2D eigenvalue weighted by atomic mass is 35.5. The smallest absolute Gasteiger partial charge is 0.307 e. The second kappa shape index (κ2) is 6.57. The van der Waals surface area contributed by atoms with Crippen molar-refractivity contribution < 1.29 is 17.4 Å². The highest BCUT2D eigenvalue weighted by Crippen LogP contribution is 2.40. The van der Waals surface area contributed by atoms with Gasteiger partial charge >= 0.3 is 6.18 Å². The van der Waals surface area contributed by atoms with E-state index in [9.17, 15) is 17.4 Å². The summed E-state index contributed by atoms with van der Waals surface area (Å²) in [5.74, 6) is 0. The van der Waals surface area contributed by atoms with Gasteiger partial charge in [-0.05, 0) is 29.8 Å². The van der Waals surface area contributed by atoms with E-state index in [-0.39, 0.29) is 15.5 Å². The Hall–Kier alpha value is -2.10. The van der Waals surface area contributed by atoms with Crippen molar-refractivity contribution in [3.8, 4) is 0 Å². The van der Waals surface area contributed by atoms with Gasteiger partial charge in [0.2, 0.25) is 0 Å². The number of imidazole rings is 1. The van der Waals surface area contributed by atoms with Crippen LogP contribution in [-0.4, -0.2) is 31.1 Å². The zero-order valence-electron chi connectivity index (χ0n) is 13.4. The predicted molar refractivity (Wildman–Crippen MR) is 92.3 cm³/mol. The van der Waals surface area contributed by atoms with E-state index in [1.165, 1.54) is 48.8 Å². The summed E-state index contributed by atoms with van der Waals surface area (Å²) < 4.78 is 64.5. The van der Waals surface area contributed by atoms with Crippen molar-refractivity contribution in [3.05, 3.63) is 65.6 Å². The van der Waals surface area contributed by atoms with Crippen LogP contribution in [0.5, 0.6) is 0 Å². The van der Waals surface area contributed by atoms with Gasteiger partial charge in [-0.2, -0.15) is 13.2 Å². The molecule has 0 aliphatic heterocycles. The number of alkyl halides is 3. The van der Waals surface area contributed by atoms with E-state index in [0.717, 1.165) is 7.05 Å². The third kappa shape index (κ3) is 3.42. The molecule has 3 rings (SSSR count). The molecule has 0 fully saturated rings. The lowest BCUT2D eigenvalue weighted by Gasteiger charge is -2.31. The first-order valence-corrected chi connectivity index (χ1v) is 9.26. The standard InChI is InChI=1S/C16H14ClF3N4OS/c1-23(15(16(18,19)20)11-2-4-12(17)5-3-11)26(21,25)13-6-8-24-9-7-22-14(24)10-13/h2-10,15,21H,1H3/t15-,26?/m1/s1. The summed E-state index contributed by atoms with van der Waals surface area (Å²) >= 11 is 5.74. The van der Waals surface area contributed by atoms with Crippen molar-refractivity contribution in [2.24, 2.45) is 0 Å². The highest BCUT2D eigenvalue weighted by Gasteiger charge is 2.46. The first-order valence-electron chi connectivity index (χ1n) is 7.37. The fraction of sp³-hybridized carbons (Fsp3) is 0.188. The monoisotopic (exact) mass is 402 g/mol. The number of nitrogens with zero attached hydrogens (tertiary/aromatic N) is 3. The van der Waals surface area contributed by atoms with Crippen LogP contribution < -0.4 is 0 Å². The third-order valence-corrected chi connectivity index (χ3v) is 6.12. The van der Waals surface area contributed by atoms with Gasteiger partial charge in [-0.15, -0.1) is 0 Å². The maximum absolute atomic E-state index is 13.7. The van der Waals surface area contributed by atoms with Crippen LogP contribution in [-0.2, 0) is 9.92 Å². The molecule has 2 aromatic heterocycles. The zero-order chi connectivity index (χ0) is 19.1. The van der Waals surface area contributed by atoms with Crippen LogP contribution in [0.2, 0.25) is 5.02 Å². The normalized spacial score (nSPS) is 15.9. The Labute approximate surface area is 153 Å². The molecular weight excluding hydrogens is 389 g/mol. The van der Waals surface area contributed by atoms with Gasteiger partial charge in [0.25, 0.3) is 0 Å². The zero-order valence-corrected chi connectivity index (χ0v) is 15.0. The SMILES string of the molecule is CN([C@H](c1ccc(Cl)cc1)C(F)(F)F)S(=N)(=O)c1ccn2ccnc2c1. The van der Waals surface area contributed by atoms with Crippen molar-refractivity contribution in [1.29, 1.82) is 4.78 Å². The molecule has 0 bridgehead atoms. The Bertz CT molecular complexity index is 1030. The Kier molecular flexibility index (Phi) is 4.72. The van der Waals surface area contributed by atoms with E-state index in [0.29, 0.717) is 9.95 Å². The van der Waals surface area contributed by atoms with Crippen LogP contribution in [0, 0.1) is 4.78 Å². The fourth-order valence-corrected chi connectivity index (χ4v) is 4.14. The van der Waals surface area contributed by atoms with Crippen LogP contribution in [0.4, 0.5) is 13.2 Å². The molecule has 26 heavy (non-hydrogen) atoms. The minimum Gasteiger partial charge on any atom is -0.307 e. The topological polar surface area (TPSA) is 61.5 Å². The molecule has 0 saturated carbocycles. The summed E-state index contributed by atoms with van der Waals surface area (Å²) in [6.45, 7) is 0. The van der Waals surface area contributed by atoms with Crippen LogP contribution in [0.25, 0.3) is 5.65 Å². The van der Waals surface area contributed by atoms with Crippen molar-refractivity contribution in [2.75, 3.05) is 7.05 Å². The fourth-order valence-electron chi connectivity index (χ4n) is 2.63. The summed E-state index contributed by atoms with van der Waals surface area (Å²) in [6.07, 6.45) is -0.0874. The van der Waals surface area contributed by atoms with Gasteiger partial charge in [0.05, 0.1) is 4.90 Å². The second-order valence-corrected chi connectivity index (χ2v) is 8.16. The number of nitrogens with one attached hydrogen (secondary N) is 1. The minimum atomic E-state index is -4.73. The average molecular weight is 403 g/mol. The lowest BCUT2D eigenvalue weighted by atomic mass is 10.1. The molecule has 1 aromatic carbocycles. The molecule has 1 N–H and O–H groups in total. The van der Waals surface area contributed by atoms with Crippen LogP contribution in [0.3, 0.4) is 0 Å². The molecule has 0 spiro atoms. The van der Waals surface area contributed by atoms with Gasteiger partial charge < -0.3 is 4.40 Å². The van der Waals surface area contributed by atoms with Gasteiger partial charge in [0.1, 0.15) is 21.6 Å². The van der Waals surface area contributed by atoms with Gasteiger partial charge in [-0.25, -0.2) is 18.3 Å². The highest BCUT2D eigenvalue weighted by molar-refractivity contribution is 7.90. The maximum Gasteiger partial charge on any atom is 0.409 e. The van der Waals surface area contributed by atoms with Gasteiger partial charge in [0.15, 0.2) is 0 Å². The first-order chi connectivity index (χ1) is 12.1. The Morgan fingerprint density at radius 2 is 1.88 bits per heavy atom. The van der Waals surface area contributed by atoms with Gasteiger partial charge in [-0.1, -0.05) is 23.7 Å². The Morgan fingerprint density at radius 3 is 2.50 bits per heavy atom. The molecule has 1 unspecified atom stereocenters. The number of rotatable bonds is 4. The van der Waals surface area contributed by atoms with Gasteiger partial charge in [-0.3, -0.25) is 0 Å². The number of hydrogen-bond acceptors (Lipinski definition) is 3. The molecule has 138 valence electrons. The van der Waals surface area contributed by atoms with E-state index in [1.54, 1.807) is 10.6 Å².